The van der Waals surface area contributed by atoms with Crippen LogP contribution in [0.3, 0.4) is 0 Å². The van der Waals surface area contributed by atoms with E-state index in [4.69, 9.17) is 4.42 Å². The zero-order valence-electron chi connectivity index (χ0n) is 10.5. The van der Waals surface area contributed by atoms with Crippen molar-refractivity contribution in [1.82, 2.24) is 4.90 Å². The number of amides is 1. The summed E-state index contributed by atoms with van der Waals surface area (Å²) in [6, 6.07) is 2.41. The van der Waals surface area contributed by atoms with Crippen LogP contribution in [-0.2, 0) is 11.3 Å². The van der Waals surface area contributed by atoms with Gasteiger partial charge in [0, 0.05) is 6.04 Å². The van der Waals surface area contributed by atoms with Crippen molar-refractivity contribution in [1.29, 1.82) is 0 Å². The van der Waals surface area contributed by atoms with Gasteiger partial charge >= 0.3 is 18.0 Å². The molecular formula is C12H12F5NO2. The molecule has 2 rings (SSSR count). The Morgan fingerprint density at radius 2 is 1.90 bits per heavy atom. The fourth-order valence-electron chi connectivity index (χ4n) is 1.79. The molecule has 3 nitrogen and oxygen atoms in total. The number of halogens is 5. The van der Waals surface area contributed by atoms with Crippen molar-refractivity contribution in [2.75, 3.05) is 0 Å². The molecule has 0 spiro atoms. The lowest BCUT2D eigenvalue weighted by Gasteiger charge is -2.27. The van der Waals surface area contributed by atoms with Crippen molar-refractivity contribution < 1.29 is 31.2 Å². The third-order valence-corrected chi connectivity index (χ3v) is 3.00. The van der Waals surface area contributed by atoms with E-state index in [0.29, 0.717) is 23.5 Å². The number of carbonyl (C=O) groups excluding carboxylic acids is 1. The smallest absolute Gasteiger partial charge is 0.463 e. The molecule has 1 heterocycles. The molecule has 8 heteroatoms. The highest BCUT2D eigenvalue weighted by Crippen LogP contribution is 2.40. The van der Waals surface area contributed by atoms with Crippen LogP contribution in [0.25, 0.3) is 0 Å². The first-order valence-corrected chi connectivity index (χ1v) is 5.94. The molecule has 20 heavy (non-hydrogen) atoms. The van der Waals surface area contributed by atoms with Crippen molar-refractivity contribution in [3.63, 3.8) is 0 Å². The normalized spacial score (nSPS) is 16.3. The van der Waals surface area contributed by atoms with Gasteiger partial charge in [0.05, 0.1) is 6.54 Å². The molecule has 1 aliphatic rings. The van der Waals surface area contributed by atoms with E-state index in [-0.39, 0.29) is 12.3 Å². The molecule has 0 bridgehead atoms. The molecular weight excluding hydrogens is 285 g/mol. The maximum Gasteiger partial charge on any atom is 0.463 e. The summed E-state index contributed by atoms with van der Waals surface area (Å²) in [6.07, 6.45) is -5.06. The largest absolute Gasteiger partial charge is 0.464 e. The molecule has 1 amide bonds. The summed E-state index contributed by atoms with van der Waals surface area (Å²) in [4.78, 5) is 12.1. The van der Waals surface area contributed by atoms with Crippen LogP contribution in [0, 0.1) is 6.92 Å². The Morgan fingerprint density at radius 3 is 2.30 bits per heavy atom. The van der Waals surface area contributed by atoms with E-state index in [2.05, 4.69) is 0 Å². The molecule has 0 atom stereocenters. The Bertz CT molecular complexity index is 504. The number of hydrogen-bond acceptors (Lipinski definition) is 2. The van der Waals surface area contributed by atoms with Crippen LogP contribution in [-0.4, -0.2) is 28.9 Å². The van der Waals surface area contributed by atoms with Gasteiger partial charge in [-0.3, -0.25) is 4.79 Å². The predicted molar refractivity (Wildman–Crippen MR) is 58.0 cm³/mol. The van der Waals surface area contributed by atoms with Gasteiger partial charge in [-0.15, -0.1) is 0 Å². The summed E-state index contributed by atoms with van der Waals surface area (Å²) in [5.74, 6) is -6.93. The summed E-state index contributed by atoms with van der Waals surface area (Å²) in [5.41, 5.74) is 0. The van der Waals surface area contributed by atoms with E-state index in [9.17, 15) is 26.7 Å². The van der Waals surface area contributed by atoms with E-state index < -0.39 is 24.0 Å². The highest BCUT2D eigenvalue weighted by atomic mass is 19.4. The molecule has 0 aromatic carbocycles. The Balaban J connectivity index is 2.19. The Labute approximate surface area is 111 Å². The van der Waals surface area contributed by atoms with Crippen molar-refractivity contribution >= 4 is 5.91 Å². The zero-order valence-corrected chi connectivity index (χ0v) is 10.5. The van der Waals surface area contributed by atoms with Gasteiger partial charge in [-0.1, -0.05) is 0 Å². The lowest BCUT2D eigenvalue weighted by atomic mass is 10.2. The van der Waals surface area contributed by atoms with E-state index in [1.165, 1.54) is 6.07 Å². The molecule has 1 aromatic heterocycles. The Hall–Kier alpha value is -1.60. The fourth-order valence-corrected chi connectivity index (χ4v) is 1.79. The van der Waals surface area contributed by atoms with E-state index >= 15 is 0 Å². The SMILES string of the molecule is Cc1ccc(CN(C(=O)C(F)(F)C(F)(F)F)C2CC2)o1. The standard InChI is InChI=1S/C12H12F5NO2/c1-7-2-5-9(20-7)6-18(8-3-4-8)10(19)11(13,14)12(15,16)17/h2,5,8H,3-4,6H2,1H3. The lowest BCUT2D eigenvalue weighted by molar-refractivity contribution is -0.275. The van der Waals surface area contributed by atoms with Gasteiger partial charge in [-0.25, -0.2) is 0 Å². The summed E-state index contributed by atoms with van der Waals surface area (Å²) in [6.45, 7) is 1.22. The average molecular weight is 297 g/mol. The van der Waals surface area contributed by atoms with Crippen LogP contribution < -0.4 is 0 Å². The second-order valence-electron chi connectivity index (χ2n) is 4.75. The average Bonchev–Trinajstić information content (AvgIpc) is 3.08. The van der Waals surface area contributed by atoms with Gasteiger partial charge in [0.2, 0.25) is 0 Å². The molecule has 0 saturated heterocycles. The van der Waals surface area contributed by atoms with Crippen LogP contribution in [0.1, 0.15) is 24.4 Å². The fraction of sp³-hybridized carbons (Fsp3) is 0.583. The van der Waals surface area contributed by atoms with Crippen LogP contribution in [0.15, 0.2) is 16.5 Å². The summed E-state index contributed by atoms with van der Waals surface area (Å²) < 4.78 is 68.1. The Morgan fingerprint density at radius 1 is 1.30 bits per heavy atom. The van der Waals surface area contributed by atoms with Crippen LogP contribution in [0.2, 0.25) is 0 Å². The van der Waals surface area contributed by atoms with E-state index in [0.717, 1.165) is 0 Å². The Kier molecular flexibility index (Phi) is 3.51. The molecule has 0 N–H and O–H groups in total. The first-order valence-electron chi connectivity index (χ1n) is 5.94. The second-order valence-corrected chi connectivity index (χ2v) is 4.75. The number of rotatable bonds is 4. The molecule has 1 aliphatic carbocycles. The molecule has 1 fully saturated rings. The minimum absolute atomic E-state index is 0.181. The molecule has 1 aromatic rings. The predicted octanol–water partition coefficient (Wildman–Crippen LogP) is 3.28. The molecule has 112 valence electrons. The van der Waals surface area contributed by atoms with Crippen molar-refractivity contribution in [3.8, 4) is 0 Å². The quantitative estimate of drug-likeness (QED) is 0.799. The third kappa shape index (κ3) is 2.78. The maximum atomic E-state index is 13.1. The minimum atomic E-state index is -5.89. The lowest BCUT2D eigenvalue weighted by Crippen LogP contribution is -2.52. The molecule has 1 saturated carbocycles. The van der Waals surface area contributed by atoms with E-state index in [1.807, 2.05) is 0 Å². The minimum Gasteiger partial charge on any atom is -0.464 e. The third-order valence-electron chi connectivity index (χ3n) is 3.00. The van der Waals surface area contributed by atoms with Crippen LogP contribution >= 0.6 is 0 Å². The van der Waals surface area contributed by atoms with Gasteiger partial charge in [0.15, 0.2) is 0 Å². The number of nitrogens with zero attached hydrogens (tertiary/aromatic N) is 1. The van der Waals surface area contributed by atoms with Crippen LogP contribution in [0.4, 0.5) is 22.0 Å². The number of furan rings is 1. The van der Waals surface area contributed by atoms with Gasteiger partial charge in [0.25, 0.3) is 0 Å². The van der Waals surface area contributed by atoms with Gasteiger partial charge in [-0.2, -0.15) is 22.0 Å². The zero-order chi connectivity index (χ0) is 15.1. The van der Waals surface area contributed by atoms with Gasteiger partial charge in [-0.05, 0) is 31.9 Å². The second kappa shape index (κ2) is 4.75. The summed E-state index contributed by atoms with van der Waals surface area (Å²) in [5, 5.41) is 0. The summed E-state index contributed by atoms with van der Waals surface area (Å²) in [7, 11) is 0. The molecule has 0 radical (unpaired) electrons. The first-order chi connectivity index (χ1) is 9.13. The first kappa shape index (κ1) is 14.8. The van der Waals surface area contributed by atoms with Gasteiger partial charge in [0.1, 0.15) is 11.5 Å². The number of hydrogen-bond donors (Lipinski definition) is 0. The summed E-state index contributed by atoms with van der Waals surface area (Å²) >= 11 is 0. The monoisotopic (exact) mass is 297 g/mol. The van der Waals surface area contributed by atoms with Gasteiger partial charge < -0.3 is 9.32 Å². The van der Waals surface area contributed by atoms with Crippen LogP contribution in [0.5, 0.6) is 0 Å². The van der Waals surface area contributed by atoms with Crippen molar-refractivity contribution in [2.45, 2.75) is 44.5 Å². The topological polar surface area (TPSA) is 33.5 Å². The number of aryl methyl sites for hydroxylation is 1. The molecule has 0 unspecified atom stereocenters. The van der Waals surface area contributed by atoms with Crippen molar-refractivity contribution in [2.24, 2.45) is 0 Å². The highest BCUT2D eigenvalue weighted by molar-refractivity contribution is 5.85. The molecule has 0 aliphatic heterocycles. The maximum absolute atomic E-state index is 13.1. The number of alkyl halides is 5. The van der Waals surface area contributed by atoms with E-state index in [1.54, 1.807) is 13.0 Å². The number of carbonyl (C=O) groups is 1. The highest BCUT2D eigenvalue weighted by Gasteiger charge is 2.65. The van der Waals surface area contributed by atoms with Crippen molar-refractivity contribution in [3.05, 3.63) is 23.7 Å².